The molecule has 0 unspecified atom stereocenters. The fourth-order valence-electron chi connectivity index (χ4n) is 3.21. The summed E-state index contributed by atoms with van der Waals surface area (Å²) in [6.07, 6.45) is 5.57. The number of likely N-dealkylation sites (tertiary alicyclic amines) is 1. The monoisotopic (exact) mass is 328 g/mol. The number of benzene rings is 1. The highest BCUT2D eigenvalue weighted by atomic mass is 19.1. The van der Waals surface area contributed by atoms with Gasteiger partial charge in [0.2, 0.25) is 0 Å². The number of carbonyl (C=O) groups is 2. The Kier molecular flexibility index (Phi) is 4.24. The van der Waals surface area contributed by atoms with Crippen LogP contribution in [0.5, 0.6) is 0 Å². The first-order valence-corrected chi connectivity index (χ1v) is 7.66. The van der Waals surface area contributed by atoms with Crippen LogP contribution in [0.2, 0.25) is 0 Å². The maximum Gasteiger partial charge on any atom is 0.255 e. The predicted octanol–water partition coefficient (Wildman–Crippen LogP) is 1.49. The molecule has 0 saturated carbocycles. The molecule has 0 aliphatic carbocycles. The van der Waals surface area contributed by atoms with Gasteiger partial charge in [0.25, 0.3) is 11.8 Å². The van der Waals surface area contributed by atoms with Crippen molar-refractivity contribution in [2.75, 3.05) is 13.6 Å². The van der Waals surface area contributed by atoms with E-state index in [1.165, 1.54) is 54.8 Å². The van der Waals surface area contributed by atoms with Crippen molar-refractivity contribution in [3.05, 3.63) is 59.9 Å². The SMILES string of the molecule is CNC(=O)[C@@]1(c2cnccn2)CCCN1C(=O)c1cccc(F)c1. The highest BCUT2D eigenvalue weighted by molar-refractivity contribution is 6.00. The Hall–Kier alpha value is -2.83. The van der Waals surface area contributed by atoms with Crippen LogP contribution in [0.1, 0.15) is 28.9 Å². The average molecular weight is 328 g/mol. The Bertz CT molecular complexity index is 768. The molecule has 0 bridgehead atoms. The zero-order chi connectivity index (χ0) is 17.2. The number of nitrogens with one attached hydrogen (secondary N) is 1. The summed E-state index contributed by atoms with van der Waals surface area (Å²) in [4.78, 5) is 35.4. The van der Waals surface area contributed by atoms with Crippen LogP contribution in [-0.2, 0) is 10.3 Å². The van der Waals surface area contributed by atoms with Crippen LogP contribution in [0, 0.1) is 5.82 Å². The van der Waals surface area contributed by atoms with Crippen LogP contribution in [0.4, 0.5) is 4.39 Å². The minimum absolute atomic E-state index is 0.203. The fourth-order valence-corrected chi connectivity index (χ4v) is 3.21. The third-order valence-electron chi connectivity index (χ3n) is 4.29. The third kappa shape index (κ3) is 2.51. The van der Waals surface area contributed by atoms with Crippen molar-refractivity contribution in [2.45, 2.75) is 18.4 Å². The maximum atomic E-state index is 13.5. The predicted molar refractivity (Wildman–Crippen MR) is 84.4 cm³/mol. The molecule has 7 heteroatoms. The lowest BCUT2D eigenvalue weighted by atomic mass is 9.90. The third-order valence-corrected chi connectivity index (χ3v) is 4.29. The minimum Gasteiger partial charge on any atom is -0.357 e. The van der Waals surface area contributed by atoms with Crippen molar-refractivity contribution < 1.29 is 14.0 Å². The zero-order valence-electron chi connectivity index (χ0n) is 13.2. The Morgan fingerprint density at radius 2 is 2.17 bits per heavy atom. The van der Waals surface area contributed by atoms with E-state index in [2.05, 4.69) is 15.3 Å². The Labute approximate surface area is 138 Å². The Morgan fingerprint density at radius 3 is 2.83 bits per heavy atom. The maximum absolute atomic E-state index is 13.5. The van der Waals surface area contributed by atoms with Crippen molar-refractivity contribution in [3.8, 4) is 0 Å². The number of nitrogens with zero attached hydrogens (tertiary/aromatic N) is 3. The highest BCUT2D eigenvalue weighted by Gasteiger charge is 2.52. The number of aromatic nitrogens is 2. The van der Waals surface area contributed by atoms with Gasteiger partial charge in [0, 0.05) is 31.5 Å². The second-order valence-corrected chi connectivity index (χ2v) is 5.60. The molecule has 1 aliphatic rings. The molecule has 2 heterocycles. The fraction of sp³-hybridized carbons (Fsp3) is 0.294. The summed E-state index contributed by atoms with van der Waals surface area (Å²) in [5.41, 5.74) is -0.618. The topological polar surface area (TPSA) is 75.2 Å². The van der Waals surface area contributed by atoms with E-state index in [-0.39, 0.29) is 11.5 Å². The van der Waals surface area contributed by atoms with Gasteiger partial charge < -0.3 is 10.2 Å². The first kappa shape index (κ1) is 16.0. The molecule has 1 saturated heterocycles. The number of halogens is 1. The Balaban J connectivity index is 2.08. The van der Waals surface area contributed by atoms with Crippen molar-refractivity contribution in [1.82, 2.24) is 20.2 Å². The molecule has 1 N–H and O–H groups in total. The molecule has 24 heavy (non-hydrogen) atoms. The summed E-state index contributed by atoms with van der Waals surface area (Å²) in [6.45, 7) is 0.388. The van der Waals surface area contributed by atoms with E-state index in [0.29, 0.717) is 25.1 Å². The molecule has 1 aromatic carbocycles. The van der Waals surface area contributed by atoms with Crippen LogP contribution < -0.4 is 5.32 Å². The van der Waals surface area contributed by atoms with E-state index >= 15 is 0 Å². The molecule has 1 aliphatic heterocycles. The van der Waals surface area contributed by atoms with Gasteiger partial charge in [-0.1, -0.05) is 6.07 Å². The second kappa shape index (κ2) is 6.35. The van der Waals surface area contributed by atoms with E-state index in [1.807, 2.05) is 0 Å². The minimum atomic E-state index is -1.23. The van der Waals surface area contributed by atoms with Crippen LogP contribution >= 0.6 is 0 Å². The van der Waals surface area contributed by atoms with Gasteiger partial charge in [0.1, 0.15) is 5.82 Å². The molecule has 1 aromatic heterocycles. The van der Waals surface area contributed by atoms with Crippen LogP contribution in [0.3, 0.4) is 0 Å². The summed E-state index contributed by atoms with van der Waals surface area (Å²) >= 11 is 0. The van der Waals surface area contributed by atoms with Crippen molar-refractivity contribution >= 4 is 11.8 Å². The highest BCUT2D eigenvalue weighted by Crippen LogP contribution is 2.39. The number of hydrogen-bond donors (Lipinski definition) is 1. The summed E-state index contributed by atoms with van der Waals surface area (Å²) in [5.74, 6) is -1.23. The first-order chi connectivity index (χ1) is 11.6. The summed E-state index contributed by atoms with van der Waals surface area (Å²) in [7, 11) is 1.52. The van der Waals surface area contributed by atoms with Gasteiger partial charge >= 0.3 is 0 Å². The van der Waals surface area contributed by atoms with Gasteiger partial charge in [-0.15, -0.1) is 0 Å². The molecule has 0 radical (unpaired) electrons. The number of amides is 2. The number of likely N-dealkylation sites (N-methyl/N-ethyl adjacent to an activating group) is 1. The van der Waals surface area contributed by atoms with Crippen LogP contribution in [0.25, 0.3) is 0 Å². The van der Waals surface area contributed by atoms with E-state index in [1.54, 1.807) is 0 Å². The van der Waals surface area contributed by atoms with Crippen molar-refractivity contribution in [1.29, 1.82) is 0 Å². The lowest BCUT2D eigenvalue weighted by molar-refractivity contribution is -0.131. The van der Waals surface area contributed by atoms with Gasteiger partial charge in [-0.05, 0) is 31.0 Å². The van der Waals surface area contributed by atoms with Gasteiger partial charge in [0.05, 0.1) is 11.9 Å². The zero-order valence-corrected chi connectivity index (χ0v) is 13.2. The molecular formula is C17H17FN4O2. The number of rotatable bonds is 3. The van der Waals surface area contributed by atoms with Gasteiger partial charge in [0.15, 0.2) is 5.54 Å². The average Bonchev–Trinajstić information content (AvgIpc) is 3.07. The van der Waals surface area contributed by atoms with E-state index < -0.39 is 17.3 Å². The molecule has 2 aromatic rings. The normalized spacial score (nSPS) is 20.0. The molecular weight excluding hydrogens is 311 g/mol. The molecule has 2 amide bonds. The Morgan fingerprint density at radius 1 is 1.33 bits per heavy atom. The first-order valence-electron chi connectivity index (χ1n) is 7.66. The quantitative estimate of drug-likeness (QED) is 0.926. The molecule has 124 valence electrons. The lowest BCUT2D eigenvalue weighted by Crippen LogP contribution is -2.54. The summed E-state index contributed by atoms with van der Waals surface area (Å²) < 4.78 is 13.5. The van der Waals surface area contributed by atoms with Gasteiger partial charge in [-0.25, -0.2) is 4.39 Å². The molecule has 6 nitrogen and oxygen atoms in total. The number of carbonyl (C=O) groups excluding carboxylic acids is 2. The van der Waals surface area contributed by atoms with Gasteiger partial charge in [-0.3, -0.25) is 19.6 Å². The van der Waals surface area contributed by atoms with Gasteiger partial charge in [-0.2, -0.15) is 0 Å². The molecule has 3 rings (SSSR count). The van der Waals surface area contributed by atoms with E-state index in [9.17, 15) is 14.0 Å². The summed E-state index contributed by atoms with van der Waals surface area (Å²) in [6, 6.07) is 5.46. The summed E-state index contributed by atoms with van der Waals surface area (Å²) in [5, 5.41) is 2.62. The van der Waals surface area contributed by atoms with Crippen molar-refractivity contribution in [2.24, 2.45) is 0 Å². The van der Waals surface area contributed by atoms with Crippen LogP contribution in [-0.4, -0.2) is 40.3 Å². The molecule has 1 fully saturated rings. The van der Waals surface area contributed by atoms with E-state index in [4.69, 9.17) is 0 Å². The molecule has 0 spiro atoms. The largest absolute Gasteiger partial charge is 0.357 e. The smallest absolute Gasteiger partial charge is 0.255 e. The van der Waals surface area contributed by atoms with Crippen LogP contribution in [0.15, 0.2) is 42.9 Å². The van der Waals surface area contributed by atoms with Crippen molar-refractivity contribution in [3.63, 3.8) is 0 Å². The van der Waals surface area contributed by atoms with E-state index in [0.717, 1.165) is 0 Å². The lowest BCUT2D eigenvalue weighted by Gasteiger charge is -2.36. The molecule has 1 atom stereocenters. The number of hydrogen-bond acceptors (Lipinski definition) is 4. The standard InChI is InChI=1S/C17H17FN4O2/c1-19-16(24)17(14-11-20-7-8-21-14)6-3-9-22(17)15(23)12-4-2-5-13(18)10-12/h2,4-5,7-8,10-11H,3,6,9H2,1H3,(H,19,24)/t17-/m0/s1. The second-order valence-electron chi connectivity index (χ2n) is 5.60.